The Bertz CT molecular complexity index is 674. The molecule has 0 saturated heterocycles. The fourth-order valence-electron chi connectivity index (χ4n) is 2.03. The van der Waals surface area contributed by atoms with Crippen molar-refractivity contribution in [3.63, 3.8) is 0 Å². The molecule has 0 fully saturated rings. The second kappa shape index (κ2) is 9.29. The summed E-state index contributed by atoms with van der Waals surface area (Å²) in [6.07, 6.45) is 0.762. The number of hydrogen-bond acceptors (Lipinski definition) is 4. The molecule has 0 unspecified atom stereocenters. The fraction of sp³-hybridized carbons (Fsp3) is 0.278. The van der Waals surface area contributed by atoms with Gasteiger partial charge < -0.3 is 25.3 Å². The van der Waals surface area contributed by atoms with Crippen molar-refractivity contribution in [2.45, 2.75) is 6.42 Å². The number of anilines is 1. The third-order valence-electron chi connectivity index (χ3n) is 3.24. The smallest absolute Gasteiger partial charge is 0.193 e. The Hall–Kier alpha value is -2.89. The molecule has 0 heterocycles. The van der Waals surface area contributed by atoms with Crippen LogP contribution in [0.1, 0.15) is 6.42 Å². The Morgan fingerprint density at radius 1 is 1.00 bits per heavy atom. The highest BCUT2D eigenvalue weighted by atomic mass is 16.5. The van der Waals surface area contributed by atoms with E-state index in [-0.39, 0.29) is 0 Å². The van der Waals surface area contributed by atoms with Gasteiger partial charge in [-0.15, -0.1) is 0 Å². The zero-order valence-electron chi connectivity index (χ0n) is 14.0. The van der Waals surface area contributed by atoms with E-state index >= 15 is 0 Å². The summed E-state index contributed by atoms with van der Waals surface area (Å²) in [7, 11) is 3.25. The number of nitrogens with one attached hydrogen (secondary N) is 1. The van der Waals surface area contributed by atoms with Gasteiger partial charge in [0.25, 0.3) is 0 Å². The molecule has 0 spiro atoms. The van der Waals surface area contributed by atoms with Crippen molar-refractivity contribution >= 4 is 11.6 Å². The summed E-state index contributed by atoms with van der Waals surface area (Å²) < 4.78 is 16.0. The molecule has 0 aromatic heterocycles. The van der Waals surface area contributed by atoms with Crippen LogP contribution in [0.15, 0.2) is 53.5 Å². The molecule has 2 rings (SSSR count). The van der Waals surface area contributed by atoms with Crippen LogP contribution in [0.5, 0.6) is 17.2 Å². The minimum Gasteiger partial charge on any atom is -0.497 e. The second-order valence-corrected chi connectivity index (χ2v) is 5.00. The third-order valence-corrected chi connectivity index (χ3v) is 3.24. The molecule has 0 atom stereocenters. The molecule has 0 aliphatic heterocycles. The molecule has 6 heteroatoms. The van der Waals surface area contributed by atoms with Crippen molar-refractivity contribution in [2.75, 3.05) is 32.7 Å². The summed E-state index contributed by atoms with van der Waals surface area (Å²) in [6.45, 7) is 1.13. The van der Waals surface area contributed by atoms with Crippen molar-refractivity contribution in [3.8, 4) is 17.2 Å². The van der Waals surface area contributed by atoms with Crippen LogP contribution in [0.3, 0.4) is 0 Å². The quantitative estimate of drug-likeness (QED) is 0.442. The van der Waals surface area contributed by atoms with E-state index in [1.54, 1.807) is 14.2 Å². The lowest BCUT2D eigenvalue weighted by molar-refractivity contribution is 0.311. The van der Waals surface area contributed by atoms with Gasteiger partial charge in [-0.05, 0) is 24.3 Å². The van der Waals surface area contributed by atoms with E-state index in [1.807, 2.05) is 48.5 Å². The van der Waals surface area contributed by atoms with Crippen LogP contribution in [0.2, 0.25) is 0 Å². The second-order valence-electron chi connectivity index (χ2n) is 5.00. The maximum Gasteiger partial charge on any atom is 0.193 e. The van der Waals surface area contributed by atoms with E-state index in [1.165, 1.54) is 0 Å². The Labute approximate surface area is 142 Å². The molecule has 0 bridgehead atoms. The first-order valence-corrected chi connectivity index (χ1v) is 7.69. The summed E-state index contributed by atoms with van der Waals surface area (Å²) in [5, 5.41) is 3.03. The normalized spacial score (nSPS) is 11.0. The Morgan fingerprint density at radius 3 is 2.42 bits per heavy atom. The number of hydrogen-bond donors (Lipinski definition) is 2. The maximum atomic E-state index is 5.87. The van der Waals surface area contributed by atoms with E-state index in [2.05, 4.69) is 10.3 Å². The van der Waals surface area contributed by atoms with E-state index in [0.717, 1.165) is 29.4 Å². The molecule has 6 nitrogen and oxygen atoms in total. The van der Waals surface area contributed by atoms with Crippen LogP contribution in [0, 0.1) is 0 Å². The van der Waals surface area contributed by atoms with Crippen LogP contribution < -0.4 is 25.3 Å². The van der Waals surface area contributed by atoms with Gasteiger partial charge in [-0.2, -0.15) is 0 Å². The van der Waals surface area contributed by atoms with Gasteiger partial charge >= 0.3 is 0 Å². The number of rotatable bonds is 8. The van der Waals surface area contributed by atoms with E-state index in [9.17, 15) is 0 Å². The average Bonchev–Trinajstić information content (AvgIpc) is 2.61. The number of methoxy groups -OCH3 is 2. The van der Waals surface area contributed by atoms with Crippen LogP contribution in [-0.2, 0) is 0 Å². The third kappa shape index (κ3) is 5.72. The Kier molecular flexibility index (Phi) is 6.76. The average molecular weight is 329 g/mol. The molecule has 0 aliphatic rings. The van der Waals surface area contributed by atoms with Gasteiger partial charge in [0.05, 0.1) is 20.8 Å². The standard InChI is InChI=1S/C18H23N3O3/c1-22-15-7-3-6-14(12-15)21-18(19)20-10-5-11-24-17-9-4-8-16(13-17)23-2/h3-4,6-9,12-13H,5,10-11H2,1-2H3,(H3,19,20,21). The highest BCUT2D eigenvalue weighted by Crippen LogP contribution is 2.19. The molecule has 2 aromatic rings. The molecule has 0 amide bonds. The van der Waals surface area contributed by atoms with Gasteiger partial charge in [0.2, 0.25) is 0 Å². The predicted octanol–water partition coefficient (Wildman–Crippen LogP) is 2.90. The topological polar surface area (TPSA) is 78.1 Å². The van der Waals surface area contributed by atoms with Crippen LogP contribution in [-0.4, -0.2) is 33.3 Å². The summed E-state index contributed by atoms with van der Waals surface area (Å²) in [4.78, 5) is 4.28. The van der Waals surface area contributed by atoms with E-state index < -0.39 is 0 Å². The lowest BCUT2D eigenvalue weighted by atomic mass is 10.3. The number of nitrogens with two attached hydrogens (primary N) is 1. The highest BCUT2D eigenvalue weighted by Gasteiger charge is 1.98. The fourth-order valence-corrected chi connectivity index (χ4v) is 2.03. The summed E-state index contributed by atoms with van der Waals surface area (Å²) >= 11 is 0. The van der Waals surface area contributed by atoms with Crippen molar-refractivity contribution in [2.24, 2.45) is 10.7 Å². The molecule has 0 aliphatic carbocycles. The summed E-state index contributed by atoms with van der Waals surface area (Å²) in [5.74, 6) is 2.68. The molecular weight excluding hydrogens is 306 g/mol. The van der Waals surface area contributed by atoms with Crippen LogP contribution in [0.25, 0.3) is 0 Å². The lowest BCUT2D eigenvalue weighted by Crippen LogP contribution is -2.23. The first-order valence-electron chi connectivity index (χ1n) is 7.69. The minimum atomic E-state index is 0.365. The van der Waals surface area contributed by atoms with Gasteiger partial charge in [0.1, 0.15) is 17.2 Å². The zero-order valence-corrected chi connectivity index (χ0v) is 14.0. The molecule has 0 radical (unpaired) electrons. The van der Waals surface area contributed by atoms with Crippen molar-refractivity contribution in [3.05, 3.63) is 48.5 Å². The van der Waals surface area contributed by atoms with Crippen LogP contribution in [0.4, 0.5) is 5.69 Å². The monoisotopic (exact) mass is 329 g/mol. The first-order chi connectivity index (χ1) is 11.7. The molecular formula is C18H23N3O3. The summed E-state index contributed by atoms with van der Waals surface area (Å²) in [5.41, 5.74) is 6.71. The van der Waals surface area contributed by atoms with Crippen molar-refractivity contribution in [1.82, 2.24) is 0 Å². The number of guanidine groups is 1. The SMILES string of the molecule is COc1cccc(NC(N)=NCCCOc2cccc(OC)c2)c1. The lowest BCUT2D eigenvalue weighted by Gasteiger charge is -2.08. The largest absolute Gasteiger partial charge is 0.497 e. The molecule has 24 heavy (non-hydrogen) atoms. The van der Waals surface area contributed by atoms with E-state index in [0.29, 0.717) is 19.1 Å². The molecule has 3 N–H and O–H groups in total. The number of aliphatic imine (C=N–C) groups is 1. The van der Waals surface area contributed by atoms with Gasteiger partial charge in [-0.1, -0.05) is 12.1 Å². The first kappa shape index (κ1) is 17.5. The Balaban J connectivity index is 1.72. The van der Waals surface area contributed by atoms with E-state index in [4.69, 9.17) is 19.9 Å². The summed E-state index contributed by atoms with van der Waals surface area (Å²) in [6, 6.07) is 15.0. The molecule has 128 valence electrons. The number of benzene rings is 2. The van der Waals surface area contributed by atoms with Gasteiger partial charge in [0, 0.05) is 30.8 Å². The molecule has 0 saturated carbocycles. The highest BCUT2D eigenvalue weighted by molar-refractivity contribution is 5.92. The van der Waals surface area contributed by atoms with Crippen molar-refractivity contribution < 1.29 is 14.2 Å². The minimum absolute atomic E-state index is 0.365. The number of nitrogens with zero attached hydrogens (tertiary/aromatic N) is 1. The van der Waals surface area contributed by atoms with Gasteiger partial charge in [0.15, 0.2) is 5.96 Å². The van der Waals surface area contributed by atoms with Crippen molar-refractivity contribution in [1.29, 1.82) is 0 Å². The Morgan fingerprint density at radius 2 is 1.67 bits per heavy atom. The van der Waals surface area contributed by atoms with Crippen LogP contribution >= 0.6 is 0 Å². The number of ether oxygens (including phenoxy) is 3. The molecule has 2 aromatic carbocycles. The van der Waals surface area contributed by atoms with Gasteiger partial charge in [-0.25, -0.2) is 0 Å². The zero-order chi connectivity index (χ0) is 17.2. The van der Waals surface area contributed by atoms with Gasteiger partial charge in [-0.3, -0.25) is 4.99 Å². The maximum absolute atomic E-state index is 5.87. The predicted molar refractivity (Wildman–Crippen MR) is 96.2 cm³/mol.